The van der Waals surface area contributed by atoms with Gasteiger partial charge in [-0.1, -0.05) is 0 Å². The van der Waals surface area contributed by atoms with Gasteiger partial charge in [0.1, 0.15) is 24.4 Å². The van der Waals surface area contributed by atoms with Crippen LogP contribution in [0.15, 0.2) is 0 Å². The molecule has 25 heavy (non-hydrogen) atoms. The minimum Gasteiger partial charge on any atom is -0.480 e. The lowest BCUT2D eigenvalue weighted by molar-refractivity contribution is -0.269. The summed E-state index contributed by atoms with van der Waals surface area (Å²) in [6, 6.07) is -2.61. The first-order valence-corrected chi connectivity index (χ1v) is 7.56. The molecule has 11 nitrogen and oxygen atoms in total. The summed E-state index contributed by atoms with van der Waals surface area (Å²) >= 11 is 0. The van der Waals surface area contributed by atoms with Crippen molar-refractivity contribution in [2.24, 2.45) is 5.73 Å². The number of aliphatic carboxylic acids is 1. The second kappa shape index (κ2) is 8.17. The molecule has 0 spiro atoms. The van der Waals surface area contributed by atoms with Gasteiger partial charge in [0.2, 0.25) is 5.60 Å². The Labute approximate surface area is 143 Å². The maximum Gasteiger partial charge on any atom is 0.325 e. The predicted octanol–water partition coefficient (Wildman–Crippen LogP) is -3.29. The van der Waals surface area contributed by atoms with Crippen molar-refractivity contribution in [3.8, 4) is 0 Å². The highest BCUT2D eigenvalue weighted by Gasteiger charge is 2.50. The predicted molar refractivity (Wildman–Crippen MR) is 81.1 cm³/mol. The summed E-state index contributed by atoms with van der Waals surface area (Å²) in [7, 11) is 0. The zero-order valence-corrected chi connectivity index (χ0v) is 14.1. The first kappa shape index (κ1) is 21.4. The van der Waals surface area contributed by atoms with E-state index in [0.29, 0.717) is 0 Å². The van der Waals surface area contributed by atoms with Crippen LogP contribution in [0.5, 0.6) is 0 Å². The Morgan fingerprint density at radius 3 is 2.36 bits per heavy atom. The van der Waals surface area contributed by atoms with E-state index in [4.69, 9.17) is 20.3 Å². The van der Waals surface area contributed by atoms with Crippen LogP contribution < -0.4 is 11.1 Å². The van der Waals surface area contributed by atoms with Crippen molar-refractivity contribution < 1.29 is 44.3 Å². The third kappa shape index (κ3) is 4.51. The largest absolute Gasteiger partial charge is 0.480 e. The molecular weight excluding hydrogens is 340 g/mol. The summed E-state index contributed by atoms with van der Waals surface area (Å²) < 4.78 is 10.3. The summed E-state index contributed by atoms with van der Waals surface area (Å²) in [5.41, 5.74) is 3.53. The number of nitrogens with one attached hydrogen (secondary N) is 1. The van der Waals surface area contributed by atoms with Crippen LogP contribution in [0.1, 0.15) is 20.8 Å². The monoisotopic (exact) mass is 364 g/mol. The number of carboxylic acids is 1. The normalized spacial score (nSPS) is 33.2. The number of rotatable bonds is 7. The van der Waals surface area contributed by atoms with Crippen molar-refractivity contribution in [2.45, 2.75) is 63.1 Å². The Hall–Kier alpha value is -1.63. The second-order valence-corrected chi connectivity index (χ2v) is 6.02. The van der Waals surface area contributed by atoms with Crippen LogP contribution in [0.25, 0.3) is 0 Å². The fourth-order valence-electron chi connectivity index (χ4n) is 2.22. The van der Waals surface area contributed by atoms with Crippen molar-refractivity contribution in [1.82, 2.24) is 5.32 Å². The number of aliphatic hydroxyl groups excluding tert-OH is 3. The molecular formula is C14H24N2O9. The Balaban J connectivity index is 3.07. The first-order chi connectivity index (χ1) is 11.5. The molecule has 144 valence electrons. The van der Waals surface area contributed by atoms with Gasteiger partial charge in [0.25, 0.3) is 5.91 Å². The number of carboxylic acid groups (broad SMARTS) is 1. The summed E-state index contributed by atoms with van der Waals surface area (Å²) in [6.07, 6.45) is -5.81. The van der Waals surface area contributed by atoms with Crippen LogP contribution in [0, 0.1) is 0 Å². The molecule has 7 N–H and O–H groups in total. The van der Waals surface area contributed by atoms with Gasteiger partial charge in [0, 0.05) is 0 Å². The lowest BCUT2D eigenvalue weighted by Gasteiger charge is -2.43. The van der Waals surface area contributed by atoms with Gasteiger partial charge in [0.05, 0.1) is 12.6 Å². The molecule has 0 aromatic heterocycles. The number of Topliss-reactive ketones (excluding diaryl/α,β-unsaturated/α-hetero) is 1. The second-order valence-electron chi connectivity index (χ2n) is 6.02. The van der Waals surface area contributed by atoms with Gasteiger partial charge in [-0.2, -0.15) is 0 Å². The number of ketones is 1. The number of ether oxygens (including phenoxy) is 2. The number of amides is 1. The Morgan fingerprint density at radius 1 is 1.36 bits per heavy atom. The van der Waals surface area contributed by atoms with Crippen molar-refractivity contribution in [2.75, 3.05) is 6.61 Å². The number of hydrogen-bond donors (Lipinski definition) is 6. The van der Waals surface area contributed by atoms with Gasteiger partial charge in [-0.05, 0) is 20.8 Å². The van der Waals surface area contributed by atoms with E-state index in [1.165, 1.54) is 6.92 Å². The first-order valence-electron chi connectivity index (χ1n) is 7.56. The maximum absolute atomic E-state index is 12.4. The molecule has 1 aliphatic rings. The van der Waals surface area contributed by atoms with E-state index < -0.39 is 66.6 Å². The molecule has 1 amide bonds. The lowest BCUT2D eigenvalue weighted by Crippen LogP contribution is -2.67. The van der Waals surface area contributed by atoms with Gasteiger partial charge >= 0.3 is 5.97 Å². The highest BCUT2D eigenvalue weighted by molar-refractivity contribution is 6.08. The van der Waals surface area contributed by atoms with Gasteiger partial charge < -0.3 is 41.0 Å². The van der Waals surface area contributed by atoms with E-state index in [9.17, 15) is 29.7 Å². The molecule has 0 bridgehead atoms. The summed E-state index contributed by atoms with van der Waals surface area (Å²) in [5.74, 6) is -3.14. The number of carbonyl (C=O) groups excluding carboxylic acids is 2. The number of nitrogens with two attached hydrogens (primary N) is 1. The molecule has 1 fully saturated rings. The standard InChI is InChI=1S/C14H24N2O9/c1-5(11(20)21)16-13(23)14(3,6(2)18)25-10-8(15)12(22)24-7(4-17)9(10)19/h5,7-10,12,17,19,22H,4,15H2,1-3H3,(H,16,23)(H,20,21)/t5-,7+,8+,9+,10+,12-,14?/m0/s1. The molecule has 11 heteroatoms. The van der Waals surface area contributed by atoms with Crippen LogP contribution in [0.2, 0.25) is 0 Å². The van der Waals surface area contributed by atoms with E-state index in [1.807, 2.05) is 0 Å². The summed E-state index contributed by atoms with van der Waals surface area (Å²) in [4.78, 5) is 35.2. The van der Waals surface area contributed by atoms with Crippen molar-refractivity contribution >= 4 is 17.7 Å². The van der Waals surface area contributed by atoms with Crippen molar-refractivity contribution in [3.63, 3.8) is 0 Å². The van der Waals surface area contributed by atoms with Crippen LogP contribution in [-0.2, 0) is 23.9 Å². The van der Waals surface area contributed by atoms with Crippen molar-refractivity contribution in [1.29, 1.82) is 0 Å². The Morgan fingerprint density at radius 2 is 1.92 bits per heavy atom. The fourth-order valence-corrected chi connectivity index (χ4v) is 2.22. The van der Waals surface area contributed by atoms with E-state index in [2.05, 4.69) is 5.32 Å². The molecule has 0 aliphatic carbocycles. The van der Waals surface area contributed by atoms with E-state index in [-0.39, 0.29) is 0 Å². The smallest absolute Gasteiger partial charge is 0.325 e. The molecule has 1 aliphatic heterocycles. The van der Waals surface area contributed by atoms with Crippen LogP contribution in [0.3, 0.4) is 0 Å². The highest BCUT2D eigenvalue weighted by atomic mass is 16.6. The Bertz CT molecular complexity index is 528. The minimum absolute atomic E-state index is 0.663. The molecule has 0 saturated carbocycles. The van der Waals surface area contributed by atoms with Crippen molar-refractivity contribution in [3.05, 3.63) is 0 Å². The van der Waals surface area contributed by atoms with E-state index in [1.54, 1.807) is 0 Å². The summed E-state index contributed by atoms with van der Waals surface area (Å²) in [5, 5.41) is 40.1. The fraction of sp³-hybridized carbons (Fsp3) is 0.786. The lowest BCUT2D eigenvalue weighted by atomic mass is 9.94. The Kier molecular flexibility index (Phi) is 6.99. The number of aliphatic hydroxyl groups is 3. The van der Waals surface area contributed by atoms with Crippen LogP contribution in [0.4, 0.5) is 0 Å². The third-order valence-corrected chi connectivity index (χ3v) is 4.12. The zero-order chi connectivity index (χ0) is 19.5. The molecule has 1 rings (SSSR count). The minimum atomic E-state index is -2.18. The van der Waals surface area contributed by atoms with Gasteiger partial charge in [-0.3, -0.25) is 14.4 Å². The van der Waals surface area contributed by atoms with Crippen LogP contribution in [-0.4, -0.2) is 87.0 Å². The quantitative estimate of drug-likeness (QED) is 0.250. The molecule has 1 heterocycles. The van der Waals surface area contributed by atoms with Gasteiger partial charge in [0.15, 0.2) is 12.1 Å². The van der Waals surface area contributed by atoms with E-state index >= 15 is 0 Å². The van der Waals surface area contributed by atoms with Gasteiger partial charge in [-0.15, -0.1) is 0 Å². The number of hydrogen-bond acceptors (Lipinski definition) is 9. The number of carbonyl (C=O) groups is 3. The highest BCUT2D eigenvalue weighted by Crippen LogP contribution is 2.26. The molecule has 0 aromatic carbocycles. The molecule has 1 saturated heterocycles. The molecule has 1 unspecified atom stereocenters. The average molecular weight is 364 g/mol. The summed E-state index contributed by atoms with van der Waals surface area (Å²) in [6.45, 7) is 2.67. The topological polar surface area (TPSA) is 189 Å². The molecule has 7 atom stereocenters. The van der Waals surface area contributed by atoms with E-state index in [0.717, 1.165) is 13.8 Å². The van der Waals surface area contributed by atoms with Gasteiger partial charge in [-0.25, -0.2) is 0 Å². The zero-order valence-electron chi connectivity index (χ0n) is 14.1. The third-order valence-electron chi connectivity index (χ3n) is 4.12. The van der Waals surface area contributed by atoms with Crippen LogP contribution >= 0.6 is 0 Å². The molecule has 0 radical (unpaired) electrons. The average Bonchev–Trinajstić information content (AvgIpc) is 2.54. The SMILES string of the molecule is CC(=O)C(C)(O[C@@H]1[C@@H](N)[C@@H](O)O[C@H](CO)[C@H]1O)C(=O)N[C@@H](C)C(=O)O. The molecule has 0 aromatic rings. The maximum atomic E-state index is 12.4.